The van der Waals surface area contributed by atoms with Gasteiger partial charge in [0.25, 0.3) is 0 Å². The summed E-state index contributed by atoms with van der Waals surface area (Å²) < 4.78 is 0. The van der Waals surface area contributed by atoms with Crippen LogP contribution in [-0.2, 0) is 0 Å². The summed E-state index contributed by atoms with van der Waals surface area (Å²) in [5.74, 6) is 0.492. The van der Waals surface area contributed by atoms with Gasteiger partial charge in [0.05, 0.1) is 0 Å². The Morgan fingerprint density at radius 2 is 1.94 bits per heavy atom. The van der Waals surface area contributed by atoms with Crippen LogP contribution in [0.4, 0.5) is 0 Å². The number of hydrogen-bond donors (Lipinski definition) is 0. The van der Waals surface area contributed by atoms with Gasteiger partial charge in [-0.15, -0.1) is 6.58 Å². The first-order valence-corrected chi connectivity index (χ1v) is 6.10. The van der Waals surface area contributed by atoms with Crippen LogP contribution >= 0.6 is 0 Å². The molecule has 1 unspecified atom stereocenters. The van der Waals surface area contributed by atoms with Crippen LogP contribution in [0.5, 0.6) is 0 Å². The van der Waals surface area contributed by atoms with Crippen LogP contribution in [0.2, 0.25) is 0 Å². The molecule has 0 aromatic heterocycles. The molecule has 84 valence electrons. The monoisotopic (exact) mass is 220 g/mol. The topological polar surface area (TPSA) is 0 Å². The van der Waals surface area contributed by atoms with Crippen molar-refractivity contribution in [1.82, 2.24) is 0 Å². The third-order valence-electron chi connectivity index (χ3n) is 3.45. The van der Waals surface area contributed by atoms with Gasteiger partial charge in [-0.05, 0) is 35.2 Å². The van der Waals surface area contributed by atoms with Gasteiger partial charge in [0.2, 0.25) is 0 Å². The van der Waals surface area contributed by atoms with E-state index in [1.807, 2.05) is 0 Å². The van der Waals surface area contributed by atoms with Crippen molar-refractivity contribution in [3.8, 4) is 0 Å². The van der Waals surface area contributed by atoms with Gasteiger partial charge in [-0.1, -0.05) is 54.1 Å². The molecule has 0 radical (unpaired) electrons. The molecule has 1 aliphatic rings. The lowest BCUT2D eigenvalue weighted by atomic mass is 9.83. The zero-order chi connectivity index (χ0) is 11.8. The van der Waals surface area contributed by atoms with Crippen LogP contribution in [-0.4, -0.2) is 0 Å². The summed E-state index contributed by atoms with van der Waals surface area (Å²) in [5, 5.41) is 2.76. The lowest BCUT2D eigenvalue weighted by Crippen LogP contribution is -2.01. The molecule has 17 heavy (non-hydrogen) atoms. The average Bonchev–Trinajstić information content (AvgIpc) is 2.33. The van der Waals surface area contributed by atoms with Gasteiger partial charge in [-0.3, -0.25) is 0 Å². The minimum absolute atomic E-state index is 0.492. The molecule has 1 atom stereocenters. The Hall–Kier alpha value is -1.82. The van der Waals surface area contributed by atoms with E-state index in [9.17, 15) is 0 Å². The van der Waals surface area contributed by atoms with E-state index in [-0.39, 0.29) is 0 Å². The van der Waals surface area contributed by atoms with Crippen molar-refractivity contribution in [1.29, 1.82) is 0 Å². The molecule has 0 nitrogen and oxygen atoms in total. The first-order chi connectivity index (χ1) is 8.25. The summed E-state index contributed by atoms with van der Waals surface area (Å²) in [5.41, 5.74) is 4.04. The largest absolute Gasteiger partial charge is 0.100 e. The van der Waals surface area contributed by atoms with Crippen LogP contribution in [0, 0.1) is 0 Å². The summed E-state index contributed by atoms with van der Waals surface area (Å²) in [6.45, 7) is 6.14. The van der Waals surface area contributed by atoms with Crippen molar-refractivity contribution in [2.24, 2.45) is 0 Å². The van der Waals surface area contributed by atoms with Gasteiger partial charge < -0.3 is 0 Å². The fraction of sp³-hybridized carbons (Fsp3) is 0.176. The summed E-state index contributed by atoms with van der Waals surface area (Å²) in [4.78, 5) is 0. The van der Waals surface area contributed by atoms with Gasteiger partial charge in [0.15, 0.2) is 0 Å². The van der Waals surface area contributed by atoms with Crippen molar-refractivity contribution in [3.63, 3.8) is 0 Å². The highest BCUT2D eigenvalue weighted by Gasteiger charge is 2.16. The van der Waals surface area contributed by atoms with Crippen molar-refractivity contribution < 1.29 is 0 Å². The van der Waals surface area contributed by atoms with Crippen LogP contribution in [0.25, 0.3) is 16.8 Å². The molecule has 0 fully saturated rings. The first kappa shape index (κ1) is 10.3. The smallest absolute Gasteiger partial charge is 0.00646 e. The molecule has 0 bridgehead atoms. The molecule has 0 spiro atoms. The van der Waals surface area contributed by atoms with Gasteiger partial charge in [0, 0.05) is 5.92 Å². The maximum atomic E-state index is 4.04. The number of benzene rings is 2. The van der Waals surface area contributed by atoms with E-state index >= 15 is 0 Å². The predicted octanol–water partition coefficient (Wildman–Crippen LogP) is 4.92. The fourth-order valence-electron chi connectivity index (χ4n) is 2.72. The molecule has 3 rings (SSSR count). The maximum absolute atomic E-state index is 4.04. The molecule has 1 aliphatic carbocycles. The Balaban J connectivity index is 2.23. The second kappa shape index (κ2) is 3.89. The van der Waals surface area contributed by atoms with Crippen molar-refractivity contribution >= 4 is 16.8 Å². The highest BCUT2D eigenvalue weighted by Crippen LogP contribution is 2.37. The second-order valence-corrected chi connectivity index (χ2v) is 4.92. The van der Waals surface area contributed by atoms with E-state index in [2.05, 4.69) is 62.1 Å². The highest BCUT2D eigenvalue weighted by molar-refractivity contribution is 5.95. The molecule has 0 amide bonds. The summed E-state index contributed by atoms with van der Waals surface area (Å²) in [6.07, 6.45) is 5.61. The zero-order valence-electron chi connectivity index (χ0n) is 10.1. The molecular weight excluding hydrogens is 204 g/mol. The Bertz CT molecular complexity index is 612. The second-order valence-electron chi connectivity index (χ2n) is 4.92. The van der Waals surface area contributed by atoms with Crippen molar-refractivity contribution in [2.75, 3.05) is 0 Å². The first-order valence-electron chi connectivity index (χ1n) is 6.10. The molecule has 2 aromatic carbocycles. The van der Waals surface area contributed by atoms with Gasteiger partial charge in [-0.25, -0.2) is 0 Å². The van der Waals surface area contributed by atoms with Crippen molar-refractivity contribution in [3.05, 3.63) is 65.8 Å². The molecule has 0 saturated heterocycles. The molecule has 0 heterocycles. The number of hydrogen-bond acceptors (Lipinski definition) is 0. The molecule has 0 N–H and O–H groups in total. The van der Waals surface area contributed by atoms with E-state index in [4.69, 9.17) is 0 Å². The molecule has 2 aromatic rings. The lowest BCUT2D eigenvalue weighted by molar-refractivity contribution is 0.834. The minimum atomic E-state index is 0.492. The van der Waals surface area contributed by atoms with Crippen molar-refractivity contribution in [2.45, 2.75) is 19.3 Å². The normalized spacial score (nSPS) is 17.4. The SMILES string of the molecule is C=C(C)CC1C=Cc2cccc3cccc1c23. The van der Waals surface area contributed by atoms with E-state index < -0.39 is 0 Å². The van der Waals surface area contributed by atoms with Crippen LogP contribution in [0.3, 0.4) is 0 Å². The van der Waals surface area contributed by atoms with E-state index in [0.717, 1.165) is 6.42 Å². The summed E-state index contributed by atoms with van der Waals surface area (Å²) in [7, 11) is 0. The average molecular weight is 220 g/mol. The van der Waals surface area contributed by atoms with Gasteiger partial charge in [-0.2, -0.15) is 0 Å². The molecule has 0 saturated carbocycles. The Morgan fingerprint density at radius 1 is 1.18 bits per heavy atom. The maximum Gasteiger partial charge on any atom is 0.00646 e. The number of allylic oxidation sites excluding steroid dienone is 2. The van der Waals surface area contributed by atoms with E-state index in [1.54, 1.807) is 0 Å². The Morgan fingerprint density at radius 3 is 2.71 bits per heavy atom. The minimum Gasteiger partial charge on any atom is -0.100 e. The lowest BCUT2D eigenvalue weighted by Gasteiger charge is -2.21. The van der Waals surface area contributed by atoms with Gasteiger partial charge >= 0.3 is 0 Å². The quantitative estimate of drug-likeness (QED) is 0.630. The third kappa shape index (κ3) is 1.70. The van der Waals surface area contributed by atoms with E-state index in [0.29, 0.717) is 5.92 Å². The Kier molecular flexibility index (Phi) is 2.36. The molecule has 0 aliphatic heterocycles. The third-order valence-corrected chi connectivity index (χ3v) is 3.45. The fourth-order valence-corrected chi connectivity index (χ4v) is 2.72. The van der Waals surface area contributed by atoms with Crippen LogP contribution < -0.4 is 0 Å². The summed E-state index contributed by atoms with van der Waals surface area (Å²) >= 11 is 0. The Labute approximate surface area is 102 Å². The standard InChI is InChI=1S/C17H16/c1-12(2)11-15-10-9-14-6-3-5-13-7-4-8-16(15)17(13)14/h3-10,15H,1,11H2,2H3. The van der Waals surface area contributed by atoms with Gasteiger partial charge in [0.1, 0.15) is 0 Å². The highest BCUT2D eigenvalue weighted by atomic mass is 14.2. The van der Waals surface area contributed by atoms with Crippen LogP contribution in [0.1, 0.15) is 30.4 Å². The predicted molar refractivity (Wildman–Crippen MR) is 75.2 cm³/mol. The van der Waals surface area contributed by atoms with E-state index in [1.165, 1.54) is 27.5 Å². The summed E-state index contributed by atoms with van der Waals surface area (Å²) in [6, 6.07) is 13.1. The van der Waals surface area contributed by atoms with Crippen LogP contribution in [0.15, 0.2) is 54.6 Å². The number of rotatable bonds is 2. The zero-order valence-corrected chi connectivity index (χ0v) is 10.1. The molecular formula is C17H16. The molecule has 0 heteroatoms.